The van der Waals surface area contributed by atoms with Gasteiger partial charge < -0.3 is 0 Å². The number of rotatable bonds is 3. The van der Waals surface area contributed by atoms with Crippen LogP contribution in [-0.4, -0.2) is 20.0 Å². The van der Waals surface area contributed by atoms with Crippen LogP contribution in [0, 0.1) is 0 Å². The van der Waals surface area contributed by atoms with Crippen molar-refractivity contribution in [3.63, 3.8) is 0 Å². The van der Waals surface area contributed by atoms with Gasteiger partial charge in [-0.25, -0.2) is 8.42 Å². The molecule has 86 valence electrons. The Morgan fingerprint density at radius 3 is 2.44 bits per heavy atom. The van der Waals surface area contributed by atoms with Crippen molar-refractivity contribution in [1.82, 2.24) is 0 Å². The Hall–Kier alpha value is -0.870. The van der Waals surface area contributed by atoms with E-state index < -0.39 is 9.84 Å². The topological polar surface area (TPSA) is 51.2 Å². The van der Waals surface area contributed by atoms with Crippen molar-refractivity contribution in [3.8, 4) is 0 Å². The molecule has 3 nitrogen and oxygen atoms in total. The molecule has 0 unspecified atom stereocenters. The standard InChI is InChI=1S/C11H11ClO3S/c12-11-6-10(5-4-8(11)7-13)16(14,15)9-2-1-3-9/h4-7,9H,1-3H2. The van der Waals surface area contributed by atoms with Crippen molar-refractivity contribution in [3.05, 3.63) is 28.8 Å². The number of aldehydes is 1. The third-order valence-corrected chi connectivity index (χ3v) is 5.51. The predicted octanol–water partition coefficient (Wildman–Crippen LogP) is 2.48. The van der Waals surface area contributed by atoms with Crippen LogP contribution in [0.1, 0.15) is 29.6 Å². The fourth-order valence-electron chi connectivity index (χ4n) is 1.65. The zero-order chi connectivity index (χ0) is 11.8. The van der Waals surface area contributed by atoms with Gasteiger partial charge in [0.15, 0.2) is 16.1 Å². The molecule has 0 aromatic heterocycles. The summed E-state index contributed by atoms with van der Waals surface area (Å²) in [5.74, 6) is 0. The Kier molecular flexibility index (Phi) is 3.04. The number of sulfone groups is 1. The molecule has 0 atom stereocenters. The molecule has 1 aromatic carbocycles. The van der Waals surface area contributed by atoms with Crippen molar-refractivity contribution in [2.24, 2.45) is 0 Å². The van der Waals surface area contributed by atoms with E-state index in [1.165, 1.54) is 18.2 Å². The second-order valence-electron chi connectivity index (χ2n) is 3.90. The van der Waals surface area contributed by atoms with E-state index in [9.17, 15) is 13.2 Å². The van der Waals surface area contributed by atoms with Gasteiger partial charge in [-0.15, -0.1) is 0 Å². The summed E-state index contributed by atoms with van der Waals surface area (Å²) >= 11 is 5.81. The summed E-state index contributed by atoms with van der Waals surface area (Å²) in [5, 5.41) is -0.0824. The number of benzene rings is 1. The normalized spacial score (nSPS) is 16.8. The van der Waals surface area contributed by atoms with Crippen molar-refractivity contribution >= 4 is 27.7 Å². The van der Waals surface area contributed by atoms with E-state index in [0.29, 0.717) is 11.8 Å². The molecule has 0 bridgehead atoms. The minimum absolute atomic E-state index is 0.190. The van der Waals surface area contributed by atoms with Gasteiger partial charge in [0.25, 0.3) is 0 Å². The number of hydrogen-bond acceptors (Lipinski definition) is 3. The van der Waals surface area contributed by atoms with Crippen LogP contribution in [0.2, 0.25) is 5.02 Å². The second kappa shape index (κ2) is 4.18. The van der Waals surface area contributed by atoms with E-state index in [2.05, 4.69) is 0 Å². The van der Waals surface area contributed by atoms with Crippen LogP contribution in [0.25, 0.3) is 0 Å². The molecule has 0 amide bonds. The number of halogens is 1. The van der Waals surface area contributed by atoms with Gasteiger partial charge in [-0.3, -0.25) is 4.79 Å². The zero-order valence-electron chi connectivity index (χ0n) is 8.52. The van der Waals surface area contributed by atoms with Gasteiger partial charge in [0.1, 0.15) is 0 Å². The Morgan fingerprint density at radius 2 is 2.00 bits per heavy atom. The largest absolute Gasteiger partial charge is 0.298 e. The highest BCUT2D eigenvalue weighted by molar-refractivity contribution is 7.92. The van der Waals surface area contributed by atoms with E-state index >= 15 is 0 Å². The molecule has 1 aliphatic carbocycles. The molecule has 1 aliphatic rings. The molecule has 0 N–H and O–H groups in total. The van der Waals surface area contributed by atoms with E-state index in [-0.39, 0.29) is 15.2 Å². The lowest BCUT2D eigenvalue weighted by Crippen LogP contribution is -2.28. The lowest BCUT2D eigenvalue weighted by molar-refractivity contribution is 0.112. The monoisotopic (exact) mass is 258 g/mol. The van der Waals surface area contributed by atoms with Crippen LogP contribution in [0.5, 0.6) is 0 Å². The minimum atomic E-state index is -3.25. The number of carbonyl (C=O) groups excluding carboxylic acids is 1. The lowest BCUT2D eigenvalue weighted by atomic mass is 10.00. The van der Waals surface area contributed by atoms with Gasteiger partial charge in [-0.2, -0.15) is 0 Å². The molecule has 0 radical (unpaired) electrons. The third-order valence-electron chi connectivity index (χ3n) is 2.92. The van der Waals surface area contributed by atoms with Crippen molar-refractivity contribution in [2.75, 3.05) is 0 Å². The second-order valence-corrected chi connectivity index (χ2v) is 6.53. The first-order valence-corrected chi connectivity index (χ1v) is 6.97. The van der Waals surface area contributed by atoms with E-state index in [1.54, 1.807) is 0 Å². The van der Waals surface area contributed by atoms with Crippen LogP contribution in [-0.2, 0) is 9.84 Å². The molecule has 16 heavy (non-hydrogen) atoms. The Labute approximate surface area is 99.3 Å². The summed E-state index contributed by atoms with van der Waals surface area (Å²) in [5.41, 5.74) is 0.314. The lowest BCUT2D eigenvalue weighted by Gasteiger charge is -2.25. The van der Waals surface area contributed by atoms with Crippen LogP contribution in [0.3, 0.4) is 0 Å². The van der Waals surface area contributed by atoms with Crippen LogP contribution < -0.4 is 0 Å². The first-order valence-electron chi connectivity index (χ1n) is 5.04. The number of carbonyl (C=O) groups is 1. The average molecular weight is 259 g/mol. The molecule has 0 heterocycles. The van der Waals surface area contributed by atoms with Crippen molar-refractivity contribution < 1.29 is 13.2 Å². The smallest absolute Gasteiger partial charge is 0.181 e. The molecule has 0 saturated heterocycles. The fraction of sp³-hybridized carbons (Fsp3) is 0.364. The van der Waals surface area contributed by atoms with Crippen molar-refractivity contribution in [2.45, 2.75) is 29.4 Å². The summed E-state index contributed by atoms with van der Waals surface area (Å²) in [6, 6.07) is 4.25. The van der Waals surface area contributed by atoms with E-state index in [1.807, 2.05) is 0 Å². The average Bonchev–Trinajstić information content (AvgIpc) is 2.14. The number of hydrogen-bond donors (Lipinski definition) is 0. The van der Waals surface area contributed by atoms with Gasteiger partial charge in [-0.1, -0.05) is 18.0 Å². The van der Waals surface area contributed by atoms with Gasteiger partial charge in [0.05, 0.1) is 15.2 Å². The van der Waals surface area contributed by atoms with Crippen LogP contribution in [0.15, 0.2) is 23.1 Å². The molecule has 1 fully saturated rings. The maximum Gasteiger partial charge on any atom is 0.181 e. The minimum Gasteiger partial charge on any atom is -0.298 e. The summed E-state index contributed by atoms with van der Waals surface area (Å²) in [4.78, 5) is 10.8. The Bertz CT molecular complexity index is 518. The molecule has 1 aromatic rings. The molecular weight excluding hydrogens is 248 g/mol. The highest BCUT2D eigenvalue weighted by atomic mass is 35.5. The quantitative estimate of drug-likeness (QED) is 0.783. The molecule has 2 rings (SSSR count). The predicted molar refractivity (Wildman–Crippen MR) is 61.7 cm³/mol. The highest BCUT2D eigenvalue weighted by Crippen LogP contribution is 2.32. The first kappa shape index (κ1) is 11.6. The van der Waals surface area contributed by atoms with Crippen LogP contribution in [0.4, 0.5) is 0 Å². The first-order chi connectivity index (χ1) is 7.55. The molecule has 0 spiro atoms. The van der Waals surface area contributed by atoms with Gasteiger partial charge >= 0.3 is 0 Å². The SMILES string of the molecule is O=Cc1ccc(S(=O)(=O)C2CCC2)cc1Cl. The third kappa shape index (κ3) is 1.87. The molecule has 5 heteroatoms. The maximum absolute atomic E-state index is 12.0. The summed E-state index contributed by atoms with van der Waals surface area (Å²) in [6.45, 7) is 0. The van der Waals surface area contributed by atoms with E-state index in [4.69, 9.17) is 11.6 Å². The van der Waals surface area contributed by atoms with Gasteiger partial charge in [0.2, 0.25) is 0 Å². The zero-order valence-corrected chi connectivity index (χ0v) is 10.1. The summed E-state index contributed by atoms with van der Waals surface area (Å²) in [7, 11) is -3.25. The Morgan fingerprint density at radius 1 is 1.31 bits per heavy atom. The molecule has 0 aliphatic heterocycles. The molecular formula is C11H11ClO3S. The van der Waals surface area contributed by atoms with Gasteiger partial charge in [-0.05, 0) is 31.0 Å². The van der Waals surface area contributed by atoms with E-state index in [0.717, 1.165) is 19.3 Å². The van der Waals surface area contributed by atoms with Crippen LogP contribution >= 0.6 is 11.6 Å². The fourth-order valence-corrected chi connectivity index (χ4v) is 3.82. The van der Waals surface area contributed by atoms with Gasteiger partial charge in [0, 0.05) is 5.56 Å². The Balaban J connectivity index is 2.41. The molecule has 1 saturated carbocycles. The summed E-state index contributed by atoms with van der Waals surface area (Å²) in [6.07, 6.45) is 3.01. The summed E-state index contributed by atoms with van der Waals surface area (Å²) < 4.78 is 24.0. The van der Waals surface area contributed by atoms with Crippen molar-refractivity contribution in [1.29, 1.82) is 0 Å². The highest BCUT2D eigenvalue weighted by Gasteiger charge is 2.32. The maximum atomic E-state index is 12.0.